The van der Waals surface area contributed by atoms with Gasteiger partial charge in [-0.3, -0.25) is 4.90 Å². The van der Waals surface area contributed by atoms with Crippen LogP contribution in [-0.2, 0) is 6.42 Å². The number of nitrogens with zero attached hydrogens (tertiary/aromatic N) is 3. The van der Waals surface area contributed by atoms with Crippen molar-refractivity contribution in [2.75, 3.05) is 25.9 Å². The van der Waals surface area contributed by atoms with Gasteiger partial charge in [-0.1, -0.05) is 16.8 Å². The van der Waals surface area contributed by atoms with E-state index in [4.69, 9.17) is 26.6 Å². The van der Waals surface area contributed by atoms with Crippen LogP contribution in [0.25, 0.3) is 11.4 Å². The molecule has 4 rings (SSSR count). The first-order chi connectivity index (χ1) is 12.1. The van der Waals surface area contributed by atoms with Gasteiger partial charge in [-0.15, -0.1) is 0 Å². The van der Waals surface area contributed by atoms with Crippen molar-refractivity contribution in [1.29, 1.82) is 0 Å². The second-order valence-electron chi connectivity index (χ2n) is 7.00. The van der Waals surface area contributed by atoms with Gasteiger partial charge < -0.3 is 15.0 Å². The second kappa shape index (κ2) is 6.50. The van der Waals surface area contributed by atoms with E-state index in [1.807, 2.05) is 0 Å². The molecule has 0 amide bonds. The fourth-order valence-corrected chi connectivity index (χ4v) is 4.52. The number of rotatable bonds is 5. The van der Waals surface area contributed by atoms with Gasteiger partial charge in [0, 0.05) is 18.0 Å². The number of fused-ring (bicyclic) bond motifs is 1. The van der Waals surface area contributed by atoms with E-state index in [0.717, 1.165) is 12.8 Å². The minimum Gasteiger partial charge on any atom is -0.496 e. The van der Waals surface area contributed by atoms with Gasteiger partial charge in [0.2, 0.25) is 11.7 Å². The Labute approximate surface area is 152 Å². The number of hydrogen-bond donors (Lipinski definition) is 1. The van der Waals surface area contributed by atoms with Gasteiger partial charge in [-0.2, -0.15) is 4.98 Å². The molecule has 0 bridgehead atoms. The van der Waals surface area contributed by atoms with E-state index < -0.39 is 0 Å². The van der Waals surface area contributed by atoms with Gasteiger partial charge >= 0.3 is 0 Å². The van der Waals surface area contributed by atoms with Crippen LogP contribution in [0.1, 0.15) is 38.0 Å². The van der Waals surface area contributed by atoms with E-state index in [1.54, 1.807) is 19.2 Å². The van der Waals surface area contributed by atoms with Crippen molar-refractivity contribution in [3.63, 3.8) is 0 Å². The van der Waals surface area contributed by atoms with Crippen molar-refractivity contribution in [1.82, 2.24) is 15.0 Å². The highest BCUT2D eigenvalue weighted by molar-refractivity contribution is 6.33. The molecule has 0 aliphatic carbocycles. The van der Waals surface area contributed by atoms with Crippen LogP contribution < -0.4 is 10.5 Å². The Kier molecular flexibility index (Phi) is 4.33. The van der Waals surface area contributed by atoms with E-state index in [0.29, 0.717) is 39.3 Å². The summed E-state index contributed by atoms with van der Waals surface area (Å²) < 4.78 is 10.9. The van der Waals surface area contributed by atoms with Crippen LogP contribution in [0.15, 0.2) is 16.7 Å². The molecule has 0 saturated carbocycles. The molecule has 2 aliphatic rings. The molecule has 2 aromatic rings. The maximum atomic E-state index is 6.13. The number of anilines is 1. The molecule has 3 heterocycles. The molecule has 134 valence electrons. The molecule has 7 heteroatoms. The average Bonchev–Trinajstić information content (AvgIpc) is 3.29. The summed E-state index contributed by atoms with van der Waals surface area (Å²) in [7, 11) is 1.58. The lowest BCUT2D eigenvalue weighted by Crippen LogP contribution is -2.38. The monoisotopic (exact) mass is 362 g/mol. The number of aromatic nitrogens is 2. The summed E-state index contributed by atoms with van der Waals surface area (Å²) in [5.74, 6) is 1.74. The highest BCUT2D eigenvalue weighted by Gasteiger charge is 2.43. The topological polar surface area (TPSA) is 77.4 Å². The Morgan fingerprint density at radius 2 is 2.08 bits per heavy atom. The SMILES string of the molecule is COc1cc(N)c(Cl)cc1-c1noc(CCC23CCCN2CCC3)n1. The Bertz CT molecular complexity index is 766. The molecule has 0 unspecified atom stereocenters. The molecule has 2 fully saturated rings. The van der Waals surface area contributed by atoms with E-state index >= 15 is 0 Å². The molecule has 2 saturated heterocycles. The molecule has 0 radical (unpaired) electrons. The summed E-state index contributed by atoms with van der Waals surface area (Å²) in [6.45, 7) is 2.46. The highest BCUT2D eigenvalue weighted by Crippen LogP contribution is 2.42. The molecule has 1 aromatic carbocycles. The van der Waals surface area contributed by atoms with Gasteiger partial charge in [0.05, 0.1) is 23.4 Å². The lowest BCUT2D eigenvalue weighted by Gasteiger charge is -2.31. The van der Waals surface area contributed by atoms with Crippen LogP contribution in [0.3, 0.4) is 0 Å². The van der Waals surface area contributed by atoms with Crippen molar-refractivity contribution in [2.45, 2.75) is 44.1 Å². The minimum absolute atomic E-state index is 0.358. The molecule has 0 atom stereocenters. The largest absolute Gasteiger partial charge is 0.496 e. The molecule has 1 aromatic heterocycles. The highest BCUT2D eigenvalue weighted by atomic mass is 35.5. The third-order valence-corrected chi connectivity index (χ3v) is 5.97. The van der Waals surface area contributed by atoms with Gasteiger partial charge in [-0.05, 0) is 51.3 Å². The quantitative estimate of drug-likeness (QED) is 0.820. The number of methoxy groups -OCH3 is 1. The number of nitrogens with two attached hydrogens (primary N) is 1. The molecule has 25 heavy (non-hydrogen) atoms. The van der Waals surface area contributed by atoms with Crippen molar-refractivity contribution in [2.24, 2.45) is 0 Å². The van der Waals surface area contributed by atoms with E-state index in [-0.39, 0.29) is 0 Å². The number of benzene rings is 1. The third-order valence-electron chi connectivity index (χ3n) is 5.64. The zero-order valence-electron chi connectivity index (χ0n) is 14.4. The summed E-state index contributed by atoms with van der Waals surface area (Å²) in [5.41, 5.74) is 7.35. The van der Waals surface area contributed by atoms with Crippen molar-refractivity contribution >= 4 is 17.3 Å². The molecule has 6 nitrogen and oxygen atoms in total. The molecule has 2 aliphatic heterocycles. The fraction of sp³-hybridized carbons (Fsp3) is 0.556. The van der Waals surface area contributed by atoms with Gasteiger partial charge in [0.25, 0.3) is 0 Å². The van der Waals surface area contributed by atoms with Crippen molar-refractivity contribution in [3.05, 3.63) is 23.0 Å². The molecule has 0 spiro atoms. The number of nitrogen functional groups attached to an aromatic ring is 1. The van der Waals surface area contributed by atoms with Crippen LogP contribution in [-0.4, -0.2) is 40.8 Å². The molecular formula is C18H23ClN4O2. The van der Waals surface area contributed by atoms with Crippen LogP contribution in [0.2, 0.25) is 5.02 Å². The van der Waals surface area contributed by atoms with Crippen LogP contribution in [0, 0.1) is 0 Å². The Morgan fingerprint density at radius 3 is 2.80 bits per heavy atom. The molecule has 2 N–H and O–H groups in total. The predicted molar refractivity (Wildman–Crippen MR) is 96.8 cm³/mol. The smallest absolute Gasteiger partial charge is 0.227 e. The first-order valence-corrected chi connectivity index (χ1v) is 9.20. The van der Waals surface area contributed by atoms with Crippen LogP contribution in [0.4, 0.5) is 5.69 Å². The Hall–Kier alpha value is -1.79. The van der Waals surface area contributed by atoms with Gasteiger partial charge in [-0.25, -0.2) is 0 Å². The first kappa shape index (κ1) is 16.7. The summed E-state index contributed by atoms with van der Waals surface area (Å²) in [6, 6.07) is 3.40. The van der Waals surface area contributed by atoms with Crippen LogP contribution in [0.5, 0.6) is 5.75 Å². The summed E-state index contributed by atoms with van der Waals surface area (Å²) in [4.78, 5) is 7.20. The second-order valence-corrected chi connectivity index (χ2v) is 7.41. The van der Waals surface area contributed by atoms with E-state index in [1.165, 1.54) is 38.8 Å². The Balaban J connectivity index is 1.52. The van der Waals surface area contributed by atoms with E-state index in [9.17, 15) is 0 Å². The first-order valence-electron chi connectivity index (χ1n) is 8.82. The zero-order valence-corrected chi connectivity index (χ0v) is 15.2. The van der Waals surface area contributed by atoms with Crippen molar-refractivity contribution in [3.8, 4) is 17.1 Å². The third kappa shape index (κ3) is 2.98. The zero-order chi connectivity index (χ0) is 17.4. The van der Waals surface area contributed by atoms with Gasteiger partial charge in [0.1, 0.15) is 5.75 Å². The number of ether oxygens (including phenoxy) is 1. The summed E-state index contributed by atoms with van der Waals surface area (Å²) in [5, 5.41) is 4.57. The standard InChI is InChI=1S/C18H23ClN4O2/c1-24-15-11-14(20)13(19)10-12(15)17-21-16(25-22-17)4-7-18-5-2-8-23(18)9-3-6-18/h10-11H,2-9,20H2,1H3. The Morgan fingerprint density at radius 1 is 1.32 bits per heavy atom. The summed E-state index contributed by atoms with van der Waals surface area (Å²) in [6.07, 6.45) is 7.06. The number of hydrogen-bond acceptors (Lipinski definition) is 6. The maximum Gasteiger partial charge on any atom is 0.227 e. The minimum atomic E-state index is 0.358. The number of halogens is 1. The lowest BCUT2D eigenvalue weighted by atomic mass is 9.89. The van der Waals surface area contributed by atoms with Crippen LogP contribution >= 0.6 is 11.6 Å². The maximum absolute atomic E-state index is 6.13. The normalized spacial score (nSPS) is 19.3. The number of aryl methyl sites for hydroxylation is 1. The van der Waals surface area contributed by atoms with Gasteiger partial charge in [0.15, 0.2) is 0 Å². The van der Waals surface area contributed by atoms with Crippen molar-refractivity contribution < 1.29 is 9.26 Å². The predicted octanol–water partition coefficient (Wildman–Crippen LogP) is 3.54. The average molecular weight is 363 g/mol. The lowest BCUT2D eigenvalue weighted by molar-refractivity contribution is 0.177. The summed E-state index contributed by atoms with van der Waals surface area (Å²) >= 11 is 6.13. The fourth-order valence-electron chi connectivity index (χ4n) is 4.35. The van der Waals surface area contributed by atoms with E-state index in [2.05, 4.69) is 15.0 Å². The molecular weight excluding hydrogens is 340 g/mol.